The molecule has 2 aromatic rings. The van der Waals surface area contributed by atoms with E-state index in [-0.39, 0.29) is 0 Å². The molecule has 0 saturated heterocycles. The van der Waals surface area contributed by atoms with E-state index >= 15 is 0 Å². The molecular weight excluding hydrogens is 220 g/mol. The lowest BCUT2D eigenvalue weighted by molar-refractivity contribution is 0.426. The maximum absolute atomic E-state index is 10.4. The molecule has 2 aromatic carbocycles. The molecule has 0 aromatic heterocycles. The Hall–Kier alpha value is -1.69. The van der Waals surface area contributed by atoms with Crippen molar-refractivity contribution in [3.8, 4) is 0 Å². The molecule has 0 aliphatic heterocycles. The first-order chi connectivity index (χ1) is 8.15. The van der Waals surface area contributed by atoms with Gasteiger partial charge in [-0.05, 0) is 21.7 Å². The molecule has 0 fully saturated rings. The molecule has 17 heavy (non-hydrogen) atoms. The molecule has 0 heterocycles. The molecule has 0 radical (unpaired) electrons. The normalized spacial score (nSPS) is 10.3. The van der Waals surface area contributed by atoms with Crippen molar-refractivity contribution in [1.29, 1.82) is 0 Å². The first-order valence-corrected chi connectivity index (χ1v) is 5.03. The van der Waals surface area contributed by atoms with Crippen molar-refractivity contribution in [2.45, 2.75) is 0 Å². The van der Waals surface area contributed by atoms with Gasteiger partial charge in [-0.25, -0.2) is 0 Å². The number of hydrogen-bond donors (Lipinski definition) is 3. The van der Waals surface area contributed by atoms with E-state index in [9.17, 15) is 20.0 Å². The third-order valence-electron chi connectivity index (χ3n) is 2.65. The largest absolute Gasteiger partial charge is 0.518 e. The lowest BCUT2D eigenvalue weighted by Crippen LogP contribution is -2.33. The van der Waals surface area contributed by atoms with Crippen LogP contribution in [0.2, 0.25) is 0 Å². The van der Waals surface area contributed by atoms with Crippen molar-refractivity contribution in [3.63, 3.8) is 0 Å². The fraction of sp³-hybridized carbons (Fsp3) is 0. The summed E-state index contributed by atoms with van der Waals surface area (Å²) in [6.07, 6.45) is 0. The molecule has 0 aliphatic rings. The van der Waals surface area contributed by atoms with Crippen LogP contribution in [0.5, 0.6) is 0 Å². The highest BCUT2D eigenvalue weighted by Gasteiger charge is 2.21. The van der Waals surface area contributed by atoms with Gasteiger partial charge in [-0.15, -0.1) is 0 Å². The number of hydrogen-bond acceptors (Lipinski definition) is 5. The van der Waals surface area contributed by atoms with Crippen LogP contribution in [0.1, 0.15) is 0 Å². The zero-order chi connectivity index (χ0) is 12.4. The molecule has 0 amide bonds. The maximum atomic E-state index is 10.4. The SMILES string of the molecule is O=NB(O)c1cccc2c(B(O)O)cccc12. The highest BCUT2D eigenvalue weighted by Crippen LogP contribution is 2.10. The van der Waals surface area contributed by atoms with Gasteiger partial charge in [0.2, 0.25) is 0 Å². The summed E-state index contributed by atoms with van der Waals surface area (Å²) in [5.74, 6) is 0. The van der Waals surface area contributed by atoms with Gasteiger partial charge in [0.15, 0.2) is 0 Å². The zero-order valence-corrected chi connectivity index (χ0v) is 8.82. The van der Waals surface area contributed by atoms with Crippen molar-refractivity contribution < 1.29 is 15.1 Å². The Morgan fingerprint density at radius 3 is 1.94 bits per heavy atom. The monoisotopic (exact) mass is 229 g/mol. The minimum atomic E-state index is -1.60. The number of fused-ring (bicyclic) bond motifs is 1. The van der Waals surface area contributed by atoms with Crippen LogP contribution in [-0.4, -0.2) is 29.2 Å². The van der Waals surface area contributed by atoms with E-state index in [2.05, 4.69) is 5.09 Å². The zero-order valence-electron chi connectivity index (χ0n) is 8.82. The molecule has 0 aliphatic carbocycles. The number of rotatable bonds is 3. The summed E-state index contributed by atoms with van der Waals surface area (Å²) in [5.41, 5.74) is 0.669. The summed E-state index contributed by atoms with van der Waals surface area (Å²) in [6, 6.07) is 9.76. The molecule has 0 unspecified atom stereocenters. The van der Waals surface area contributed by atoms with Crippen LogP contribution < -0.4 is 10.9 Å². The van der Waals surface area contributed by atoms with E-state index in [0.29, 0.717) is 21.7 Å². The van der Waals surface area contributed by atoms with Crippen LogP contribution in [0, 0.1) is 4.91 Å². The average Bonchev–Trinajstić information content (AvgIpc) is 2.36. The lowest BCUT2D eigenvalue weighted by Gasteiger charge is -2.08. The summed E-state index contributed by atoms with van der Waals surface area (Å²) in [5, 5.41) is 31.6. The molecule has 5 nitrogen and oxygen atoms in total. The predicted molar refractivity (Wildman–Crippen MR) is 67.2 cm³/mol. The van der Waals surface area contributed by atoms with Gasteiger partial charge in [-0.1, -0.05) is 41.5 Å². The molecule has 2 rings (SSSR count). The third kappa shape index (κ3) is 2.08. The van der Waals surface area contributed by atoms with Crippen molar-refractivity contribution in [2.24, 2.45) is 5.09 Å². The smallest absolute Gasteiger partial charge is 0.425 e. The summed E-state index contributed by atoms with van der Waals surface area (Å²) >= 11 is 0. The first kappa shape index (κ1) is 11.8. The third-order valence-corrected chi connectivity index (χ3v) is 2.65. The van der Waals surface area contributed by atoms with Gasteiger partial charge in [-0.2, -0.15) is 4.91 Å². The van der Waals surface area contributed by atoms with Crippen LogP contribution in [0.15, 0.2) is 41.5 Å². The lowest BCUT2D eigenvalue weighted by atomic mass is 9.70. The van der Waals surface area contributed by atoms with Crippen LogP contribution in [0.4, 0.5) is 0 Å². The molecule has 0 spiro atoms. The van der Waals surface area contributed by atoms with Gasteiger partial charge < -0.3 is 15.1 Å². The van der Waals surface area contributed by atoms with Crippen LogP contribution in [-0.2, 0) is 0 Å². The van der Waals surface area contributed by atoms with Crippen LogP contribution in [0.25, 0.3) is 10.8 Å². The van der Waals surface area contributed by atoms with E-state index in [4.69, 9.17) is 0 Å². The Bertz CT molecular complexity index is 561. The molecule has 0 atom stereocenters. The minimum absolute atomic E-state index is 0.322. The van der Waals surface area contributed by atoms with Crippen molar-refractivity contribution in [1.82, 2.24) is 0 Å². The van der Waals surface area contributed by atoms with E-state index in [0.717, 1.165) is 0 Å². The maximum Gasteiger partial charge on any atom is 0.518 e. The molecule has 7 heteroatoms. The Labute approximate surface area is 98.0 Å². The quantitative estimate of drug-likeness (QED) is 0.463. The Kier molecular flexibility index (Phi) is 3.23. The van der Waals surface area contributed by atoms with E-state index < -0.39 is 14.2 Å². The van der Waals surface area contributed by atoms with Gasteiger partial charge in [0, 0.05) is 0 Å². The summed E-state index contributed by atoms with van der Waals surface area (Å²) in [6.45, 7) is 0. The number of nitroso groups, excluding NO2 is 1. The Morgan fingerprint density at radius 1 is 0.882 bits per heavy atom. The van der Waals surface area contributed by atoms with Crippen LogP contribution in [0.3, 0.4) is 0 Å². The Balaban J connectivity index is 2.74. The molecule has 0 saturated carbocycles. The fourth-order valence-electron chi connectivity index (χ4n) is 1.87. The second kappa shape index (κ2) is 4.67. The summed E-state index contributed by atoms with van der Waals surface area (Å²) < 4.78 is 0. The molecule has 0 bridgehead atoms. The van der Waals surface area contributed by atoms with Gasteiger partial charge in [0.1, 0.15) is 0 Å². The average molecular weight is 229 g/mol. The first-order valence-electron chi connectivity index (χ1n) is 5.03. The van der Waals surface area contributed by atoms with Gasteiger partial charge >= 0.3 is 14.2 Å². The minimum Gasteiger partial charge on any atom is -0.425 e. The summed E-state index contributed by atoms with van der Waals surface area (Å²) in [7, 11) is -3.06. The standard InChI is InChI=1S/C10H9B2NO4/c14-11(13-17)9-5-1-4-8-7(9)3-2-6-10(8)12(15)16/h1-6,14-16H. The molecular formula is C10H9B2NO4. The molecule has 3 N–H and O–H groups in total. The van der Waals surface area contributed by atoms with E-state index in [1.54, 1.807) is 36.4 Å². The van der Waals surface area contributed by atoms with E-state index in [1.807, 2.05) is 0 Å². The highest BCUT2D eigenvalue weighted by atomic mass is 16.4. The fourth-order valence-corrected chi connectivity index (χ4v) is 1.87. The Morgan fingerprint density at radius 2 is 1.41 bits per heavy atom. The van der Waals surface area contributed by atoms with Crippen molar-refractivity contribution >= 4 is 35.9 Å². The second-order valence-electron chi connectivity index (χ2n) is 3.64. The molecule has 84 valence electrons. The van der Waals surface area contributed by atoms with Crippen molar-refractivity contribution in [2.75, 3.05) is 0 Å². The second-order valence-corrected chi connectivity index (χ2v) is 3.64. The van der Waals surface area contributed by atoms with E-state index in [1.165, 1.54) is 0 Å². The van der Waals surface area contributed by atoms with Gasteiger partial charge in [0.05, 0.1) is 0 Å². The summed E-state index contributed by atoms with van der Waals surface area (Å²) in [4.78, 5) is 10.4. The number of nitrogens with zero attached hydrogens (tertiary/aromatic N) is 1. The topological polar surface area (TPSA) is 90.1 Å². The highest BCUT2D eigenvalue weighted by molar-refractivity contribution is 6.68. The predicted octanol–water partition coefficient (Wildman–Crippen LogP) is -1.03. The van der Waals surface area contributed by atoms with Crippen molar-refractivity contribution in [3.05, 3.63) is 41.3 Å². The van der Waals surface area contributed by atoms with Gasteiger partial charge in [-0.3, -0.25) is 0 Å². The van der Waals surface area contributed by atoms with Gasteiger partial charge in [0.25, 0.3) is 0 Å². The van der Waals surface area contributed by atoms with Crippen LogP contribution >= 0.6 is 0 Å². The number of benzene rings is 2.